The SMILES string of the molecule is Cc1ccc(S(=O)(=O)OCCCCCc2cccc(C)c2)cc1. The van der Waals surface area contributed by atoms with Gasteiger partial charge in [-0.25, -0.2) is 0 Å². The van der Waals surface area contributed by atoms with E-state index in [4.69, 9.17) is 4.18 Å². The summed E-state index contributed by atoms with van der Waals surface area (Å²) in [5.41, 5.74) is 3.63. The second kappa shape index (κ2) is 8.27. The van der Waals surface area contributed by atoms with Crippen LogP contribution in [0.2, 0.25) is 0 Å². The second-order valence-corrected chi connectivity index (χ2v) is 7.50. The third kappa shape index (κ3) is 5.81. The molecule has 0 radical (unpaired) electrons. The fourth-order valence-electron chi connectivity index (χ4n) is 2.42. The molecule has 0 fully saturated rings. The summed E-state index contributed by atoms with van der Waals surface area (Å²) in [6.07, 6.45) is 3.76. The summed E-state index contributed by atoms with van der Waals surface area (Å²) in [5.74, 6) is 0. The van der Waals surface area contributed by atoms with Gasteiger partial charge in [-0.2, -0.15) is 8.42 Å². The molecule has 0 atom stereocenters. The summed E-state index contributed by atoms with van der Waals surface area (Å²) in [7, 11) is -3.62. The van der Waals surface area contributed by atoms with Gasteiger partial charge in [0, 0.05) is 0 Å². The fourth-order valence-corrected chi connectivity index (χ4v) is 3.36. The molecule has 0 aromatic heterocycles. The molecule has 0 bridgehead atoms. The van der Waals surface area contributed by atoms with E-state index in [1.54, 1.807) is 24.3 Å². The number of hydrogen-bond donors (Lipinski definition) is 0. The van der Waals surface area contributed by atoms with Crippen LogP contribution in [0, 0.1) is 13.8 Å². The Morgan fingerprint density at radius 3 is 2.30 bits per heavy atom. The molecule has 0 aliphatic heterocycles. The Hall–Kier alpha value is -1.65. The van der Waals surface area contributed by atoms with Gasteiger partial charge in [0.15, 0.2) is 0 Å². The van der Waals surface area contributed by atoms with Crippen molar-refractivity contribution in [3.8, 4) is 0 Å². The summed E-state index contributed by atoms with van der Waals surface area (Å²) in [6, 6.07) is 15.2. The molecule has 0 saturated carbocycles. The van der Waals surface area contributed by atoms with Crippen LogP contribution in [0.1, 0.15) is 36.0 Å². The van der Waals surface area contributed by atoms with E-state index in [2.05, 4.69) is 31.2 Å². The first kappa shape index (κ1) is 17.7. The van der Waals surface area contributed by atoms with Crippen LogP contribution < -0.4 is 0 Å². The highest BCUT2D eigenvalue weighted by molar-refractivity contribution is 7.86. The number of hydrogen-bond acceptors (Lipinski definition) is 3. The lowest BCUT2D eigenvalue weighted by atomic mass is 10.1. The maximum absolute atomic E-state index is 12.0. The van der Waals surface area contributed by atoms with Crippen molar-refractivity contribution in [2.75, 3.05) is 6.61 Å². The van der Waals surface area contributed by atoms with E-state index < -0.39 is 10.1 Å². The van der Waals surface area contributed by atoms with Crippen LogP contribution in [0.5, 0.6) is 0 Å². The van der Waals surface area contributed by atoms with Crippen molar-refractivity contribution in [3.63, 3.8) is 0 Å². The third-order valence-corrected chi connectivity index (χ3v) is 5.07. The molecule has 0 unspecified atom stereocenters. The van der Waals surface area contributed by atoms with Crippen molar-refractivity contribution in [2.24, 2.45) is 0 Å². The maximum atomic E-state index is 12.0. The van der Waals surface area contributed by atoms with Gasteiger partial charge in [0.25, 0.3) is 10.1 Å². The van der Waals surface area contributed by atoms with Crippen LogP contribution in [-0.2, 0) is 20.7 Å². The van der Waals surface area contributed by atoms with E-state index in [9.17, 15) is 8.42 Å². The molecule has 0 aliphatic rings. The molecule has 0 saturated heterocycles. The van der Waals surface area contributed by atoms with Gasteiger partial charge in [0.05, 0.1) is 11.5 Å². The molecule has 124 valence electrons. The van der Waals surface area contributed by atoms with E-state index >= 15 is 0 Å². The van der Waals surface area contributed by atoms with E-state index in [1.165, 1.54) is 11.1 Å². The Morgan fingerprint density at radius 1 is 0.870 bits per heavy atom. The minimum atomic E-state index is -3.62. The summed E-state index contributed by atoms with van der Waals surface area (Å²) in [5, 5.41) is 0. The summed E-state index contributed by atoms with van der Waals surface area (Å²) in [4.78, 5) is 0.225. The lowest BCUT2D eigenvalue weighted by Crippen LogP contribution is -2.07. The quantitative estimate of drug-likeness (QED) is 0.531. The normalized spacial score (nSPS) is 11.6. The largest absolute Gasteiger partial charge is 0.296 e. The molecule has 4 heteroatoms. The average Bonchev–Trinajstić information content (AvgIpc) is 2.51. The number of aryl methyl sites for hydroxylation is 3. The molecule has 2 aromatic rings. The number of rotatable bonds is 8. The van der Waals surface area contributed by atoms with Crippen LogP contribution in [0.15, 0.2) is 53.4 Å². The van der Waals surface area contributed by atoms with Crippen LogP contribution in [0.25, 0.3) is 0 Å². The van der Waals surface area contributed by atoms with Crippen LogP contribution in [0.4, 0.5) is 0 Å². The molecule has 2 rings (SSSR count). The second-order valence-electron chi connectivity index (χ2n) is 5.89. The van der Waals surface area contributed by atoms with E-state index in [0.29, 0.717) is 0 Å². The van der Waals surface area contributed by atoms with Crippen molar-refractivity contribution in [3.05, 3.63) is 65.2 Å². The highest BCUT2D eigenvalue weighted by atomic mass is 32.2. The monoisotopic (exact) mass is 332 g/mol. The van der Waals surface area contributed by atoms with Crippen LogP contribution in [-0.4, -0.2) is 15.0 Å². The van der Waals surface area contributed by atoms with E-state index in [-0.39, 0.29) is 11.5 Å². The van der Waals surface area contributed by atoms with Crippen molar-refractivity contribution in [1.82, 2.24) is 0 Å². The molecule has 23 heavy (non-hydrogen) atoms. The van der Waals surface area contributed by atoms with Gasteiger partial charge >= 0.3 is 0 Å². The molecule has 0 N–H and O–H groups in total. The van der Waals surface area contributed by atoms with Gasteiger partial charge in [-0.05, 0) is 50.8 Å². The molecule has 0 amide bonds. The summed E-state index contributed by atoms with van der Waals surface area (Å²) < 4.78 is 29.1. The summed E-state index contributed by atoms with van der Waals surface area (Å²) in [6.45, 7) is 4.25. The van der Waals surface area contributed by atoms with Crippen molar-refractivity contribution < 1.29 is 12.6 Å². The molecule has 2 aromatic carbocycles. The molecular weight excluding hydrogens is 308 g/mol. The third-order valence-electron chi connectivity index (χ3n) is 3.74. The van der Waals surface area contributed by atoms with Crippen molar-refractivity contribution in [1.29, 1.82) is 0 Å². The zero-order valence-corrected chi connectivity index (χ0v) is 14.6. The van der Waals surface area contributed by atoms with Crippen LogP contribution >= 0.6 is 0 Å². The first-order valence-electron chi connectivity index (χ1n) is 7.99. The number of unbranched alkanes of at least 4 members (excludes halogenated alkanes) is 2. The van der Waals surface area contributed by atoms with Crippen molar-refractivity contribution in [2.45, 2.75) is 44.4 Å². The Morgan fingerprint density at radius 2 is 1.61 bits per heavy atom. The van der Waals surface area contributed by atoms with Crippen LogP contribution in [0.3, 0.4) is 0 Å². The van der Waals surface area contributed by atoms with Gasteiger partial charge in [0.2, 0.25) is 0 Å². The maximum Gasteiger partial charge on any atom is 0.296 e. The lowest BCUT2D eigenvalue weighted by Gasteiger charge is -2.06. The first-order valence-corrected chi connectivity index (χ1v) is 9.40. The zero-order valence-electron chi connectivity index (χ0n) is 13.8. The Bertz CT molecular complexity index is 719. The van der Waals surface area contributed by atoms with Gasteiger partial charge in [-0.1, -0.05) is 53.9 Å². The van der Waals surface area contributed by atoms with E-state index in [1.807, 2.05) is 6.92 Å². The smallest absolute Gasteiger partial charge is 0.266 e. The highest BCUT2D eigenvalue weighted by Gasteiger charge is 2.14. The standard InChI is InChI=1S/C19H24O3S/c1-16-10-12-19(13-11-16)23(20,21)22-14-5-3-4-8-18-9-6-7-17(2)15-18/h6-7,9-13,15H,3-5,8,14H2,1-2H3. The van der Waals surface area contributed by atoms with Gasteiger partial charge in [-0.15, -0.1) is 0 Å². The lowest BCUT2D eigenvalue weighted by molar-refractivity contribution is 0.307. The molecule has 3 nitrogen and oxygen atoms in total. The highest BCUT2D eigenvalue weighted by Crippen LogP contribution is 2.14. The minimum Gasteiger partial charge on any atom is -0.266 e. The average molecular weight is 332 g/mol. The first-order chi connectivity index (χ1) is 11.0. The Labute approximate surface area is 139 Å². The number of benzene rings is 2. The Balaban J connectivity index is 1.69. The molecule has 0 spiro atoms. The van der Waals surface area contributed by atoms with Gasteiger partial charge < -0.3 is 0 Å². The van der Waals surface area contributed by atoms with Crippen molar-refractivity contribution >= 4 is 10.1 Å². The topological polar surface area (TPSA) is 43.4 Å². The zero-order chi connectivity index (χ0) is 16.7. The predicted octanol–water partition coefficient (Wildman–Crippen LogP) is 4.42. The fraction of sp³-hybridized carbons (Fsp3) is 0.368. The molecule has 0 heterocycles. The van der Waals surface area contributed by atoms with Gasteiger partial charge in [-0.3, -0.25) is 4.18 Å². The molecular formula is C19H24O3S. The summed E-state index contributed by atoms with van der Waals surface area (Å²) >= 11 is 0. The van der Waals surface area contributed by atoms with E-state index in [0.717, 1.165) is 31.2 Å². The molecule has 0 aliphatic carbocycles. The predicted molar refractivity (Wildman–Crippen MR) is 93.1 cm³/mol. The van der Waals surface area contributed by atoms with Gasteiger partial charge in [0.1, 0.15) is 0 Å². The Kier molecular flexibility index (Phi) is 6.37. The minimum absolute atomic E-state index is 0.225.